The summed E-state index contributed by atoms with van der Waals surface area (Å²) >= 11 is 0. The largest absolute Gasteiger partial charge is 0.0628 e. The molecule has 72 valence electrons. The van der Waals surface area contributed by atoms with Crippen LogP contribution in [0.15, 0.2) is 0 Å². The summed E-state index contributed by atoms with van der Waals surface area (Å²) in [5.41, 5.74) is 0.731. The number of rotatable bonds is 4. The predicted molar refractivity (Wildman–Crippen MR) is 55.3 cm³/mol. The van der Waals surface area contributed by atoms with Crippen LogP contribution in [0.25, 0.3) is 0 Å². The Labute approximate surface area is 77.7 Å². The van der Waals surface area contributed by atoms with Gasteiger partial charge in [-0.05, 0) is 30.6 Å². The maximum absolute atomic E-state index is 2.49. The summed E-state index contributed by atoms with van der Waals surface area (Å²) in [7, 11) is 0. The Balaban J connectivity index is 2.13. The van der Waals surface area contributed by atoms with Crippen molar-refractivity contribution in [3.63, 3.8) is 0 Å². The molecule has 0 aromatic heterocycles. The summed E-state index contributed by atoms with van der Waals surface area (Å²) in [6.07, 6.45) is 10.3. The van der Waals surface area contributed by atoms with E-state index in [0.717, 1.165) is 11.3 Å². The zero-order valence-electron chi connectivity index (χ0n) is 9.03. The molecule has 0 atom stereocenters. The smallest absolute Gasteiger partial charge is 0.0326 e. The highest BCUT2D eigenvalue weighted by Gasteiger charge is 2.27. The van der Waals surface area contributed by atoms with Gasteiger partial charge in [-0.3, -0.25) is 0 Å². The molecule has 0 bridgehead atoms. The second-order valence-electron chi connectivity index (χ2n) is 5.30. The van der Waals surface area contributed by atoms with Crippen LogP contribution in [0.3, 0.4) is 0 Å². The summed E-state index contributed by atoms with van der Waals surface area (Å²) < 4.78 is 0. The lowest BCUT2D eigenvalue weighted by molar-refractivity contribution is 0.289. The molecule has 0 N–H and O–H groups in total. The Morgan fingerprint density at radius 3 is 2.25 bits per heavy atom. The van der Waals surface area contributed by atoms with Crippen LogP contribution < -0.4 is 0 Å². The van der Waals surface area contributed by atoms with E-state index in [0.29, 0.717) is 0 Å². The standard InChI is InChI=1S/C12H24/c1-11(2)7-6-10-12(3)8-4-5-9-12/h11H,4-10H2,1-3H3. The van der Waals surface area contributed by atoms with Crippen molar-refractivity contribution in [2.45, 2.75) is 65.7 Å². The fourth-order valence-corrected chi connectivity index (χ4v) is 2.42. The van der Waals surface area contributed by atoms with Crippen LogP contribution in [-0.4, -0.2) is 0 Å². The molecule has 1 saturated carbocycles. The van der Waals surface area contributed by atoms with Crippen molar-refractivity contribution < 1.29 is 0 Å². The van der Waals surface area contributed by atoms with Crippen LogP contribution in [0.2, 0.25) is 0 Å². The summed E-state index contributed by atoms with van der Waals surface area (Å²) in [6.45, 7) is 7.15. The van der Waals surface area contributed by atoms with Crippen LogP contribution in [0, 0.1) is 11.3 Å². The normalized spacial score (nSPS) is 22.0. The highest BCUT2D eigenvalue weighted by atomic mass is 14.3. The number of hydrogen-bond donors (Lipinski definition) is 0. The van der Waals surface area contributed by atoms with E-state index in [9.17, 15) is 0 Å². The van der Waals surface area contributed by atoms with Gasteiger partial charge in [-0.2, -0.15) is 0 Å². The lowest BCUT2D eigenvalue weighted by atomic mass is 9.83. The summed E-state index contributed by atoms with van der Waals surface area (Å²) in [5, 5.41) is 0. The quantitative estimate of drug-likeness (QED) is 0.584. The lowest BCUT2D eigenvalue weighted by Gasteiger charge is -2.23. The first-order chi connectivity index (χ1) is 5.62. The minimum atomic E-state index is 0.731. The van der Waals surface area contributed by atoms with Gasteiger partial charge in [0.2, 0.25) is 0 Å². The van der Waals surface area contributed by atoms with E-state index < -0.39 is 0 Å². The van der Waals surface area contributed by atoms with Gasteiger partial charge in [-0.1, -0.05) is 46.5 Å². The minimum Gasteiger partial charge on any atom is -0.0628 e. The van der Waals surface area contributed by atoms with Crippen molar-refractivity contribution in [3.8, 4) is 0 Å². The molecule has 0 spiro atoms. The van der Waals surface area contributed by atoms with Gasteiger partial charge in [0.15, 0.2) is 0 Å². The van der Waals surface area contributed by atoms with Gasteiger partial charge in [-0.15, -0.1) is 0 Å². The van der Waals surface area contributed by atoms with E-state index in [2.05, 4.69) is 20.8 Å². The maximum atomic E-state index is 2.49. The van der Waals surface area contributed by atoms with Gasteiger partial charge in [0.25, 0.3) is 0 Å². The molecule has 12 heavy (non-hydrogen) atoms. The Hall–Kier alpha value is 0. The molecule has 1 fully saturated rings. The summed E-state index contributed by atoms with van der Waals surface area (Å²) in [5.74, 6) is 0.898. The third-order valence-electron chi connectivity index (χ3n) is 3.37. The molecule has 0 unspecified atom stereocenters. The van der Waals surface area contributed by atoms with Gasteiger partial charge in [-0.25, -0.2) is 0 Å². The Morgan fingerprint density at radius 1 is 1.17 bits per heavy atom. The SMILES string of the molecule is CC(C)CCCC1(C)CCCC1. The van der Waals surface area contributed by atoms with E-state index in [1.165, 1.54) is 44.9 Å². The Kier molecular flexibility index (Phi) is 3.61. The molecule has 0 nitrogen and oxygen atoms in total. The highest BCUT2D eigenvalue weighted by molar-refractivity contribution is 4.79. The first-order valence-corrected chi connectivity index (χ1v) is 5.62. The summed E-state index contributed by atoms with van der Waals surface area (Å²) in [4.78, 5) is 0. The fraction of sp³-hybridized carbons (Fsp3) is 1.00. The molecule has 0 heterocycles. The van der Waals surface area contributed by atoms with Crippen LogP contribution >= 0.6 is 0 Å². The van der Waals surface area contributed by atoms with Crippen molar-refractivity contribution in [2.75, 3.05) is 0 Å². The Morgan fingerprint density at radius 2 is 1.75 bits per heavy atom. The average molecular weight is 168 g/mol. The van der Waals surface area contributed by atoms with Gasteiger partial charge < -0.3 is 0 Å². The van der Waals surface area contributed by atoms with Crippen LogP contribution in [-0.2, 0) is 0 Å². The second-order valence-corrected chi connectivity index (χ2v) is 5.30. The van der Waals surface area contributed by atoms with E-state index in [1.54, 1.807) is 0 Å². The molecule has 0 aromatic carbocycles. The molecule has 1 aliphatic carbocycles. The molecule has 0 amide bonds. The van der Waals surface area contributed by atoms with Crippen molar-refractivity contribution >= 4 is 0 Å². The van der Waals surface area contributed by atoms with Gasteiger partial charge in [0, 0.05) is 0 Å². The second kappa shape index (κ2) is 4.30. The van der Waals surface area contributed by atoms with E-state index in [1.807, 2.05) is 0 Å². The molecule has 0 heteroatoms. The first kappa shape index (κ1) is 10.1. The highest BCUT2D eigenvalue weighted by Crippen LogP contribution is 2.41. The molecular weight excluding hydrogens is 144 g/mol. The molecule has 1 aliphatic rings. The number of hydrogen-bond acceptors (Lipinski definition) is 0. The first-order valence-electron chi connectivity index (χ1n) is 5.62. The van der Waals surface area contributed by atoms with Crippen molar-refractivity contribution in [2.24, 2.45) is 11.3 Å². The van der Waals surface area contributed by atoms with Gasteiger partial charge >= 0.3 is 0 Å². The summed E-state index contributed by atoms with van der Waals surface area (Å²) in [6, 6.07) is 0. The fourth-order valence-electron chi connectivity index (χ4n) is 2.42. The van der Waals surface area contributed by atoms with Crippen molar-refractivity contribution in [3.05, 3.63) is 0 Å². The maximum Gasteiger partial charge on any atom is -0.0326 e. The molecule has 0 radical (unpaired) electrons. The average Bonchev–Trinajstić information content (AvgIpc) is 2.35. The molecule has 0 aromatic rings. The van der Waals surface area contributed by atoms with Gasteiger partial charge in [0.1, 0.15) is 0 Å². The minimum absolute atomic E-state index is 0.731. The third-order valence-corrected chi connectivity index (χ3v) is 3.37. The van der Waals surface area contributed by atoms with E-state index in [-0.39, 0.29) is 0 Å². The molecule has 0 saturated heterocycles. The Bertz CT molecular complexity index is 118. The lowest BCUT2D eigenvalue weighted by Crippen LogP contribution is -2.10. The monoisotopic (exact) mass is 168 g/mol. The third kappa shape index (κ3) is 3.16. The molecule has 1 rings (SSSR count). The van der Waals surface area contributed by atoms with Gasteiger partial charge in [0.05, 0.1) is 0 Å². The van der Waals surface area contributed by atoms with E-state index in [4.69, 9.17) is 0 Å². The van der Waals surface area contributed by atoms with E-state index >= 15 is 0 Å². The van der Waals surface area contributed by atoms with Crippen LogP contribution in [0.4, 0.5) is 0 Å². The predicted octanol–water partition coefficient (Wildman–Crippen LogP) is 4.39. The topological polar surface area (TPSA) is 0 Å². The van der Waals surface area contributed by atoms with Crippen molar-refractivity contribution in [1.82, 2.24) is 0 Å². The van der Waals surface area contributed by atoms with Crippen LogP contribution in [0.1, 0.15) is 65.7 Å². The zero-order valence-corrected chi connectivity index (χ0v) is 9.03. The van der Waals surface area contributed by atoms with Crippen molar-refractivity contribution in [1.29, 1.82) is 0 Å². The van der Waals surface area contributed by atoms with Crippen LogP contribution in [0.5, 0.6) is 0 Å². The zero-order chi connectivity index (χ0) is 9.03. The molecule has 0 aliphatic heterocycles. The molecular formula is C12H24.